The van der Waals surface area contributed by atoms with Crippen LogP contribution in [0.25, 0.3) is 22.4 Å². The molecule has 13 heteroatoms. The third-order valence-electron chi connectivity index (χ3n) is 3.59. The molecule has 0 aromatic carbocycles. The first-order chi connectivity index (χ1) is 12.4. The van der Waals surface area contributed by atoms with Gasteiger partial charge in [0.15, 0.2) is 5.65 Å². The summed E-state index contributed by atoms with van der Waals surface area (Å²) in [6.45, 7) is -4.00. The highest BCUT2D eigenvalue weighted by Crippen LogP contribution is 2.31. The molecule has 3 rings (SSSR count). The lowest BCUT2D eigenvalue weighted by molar-refractivity contribution is 0.0700. The van der Waals surface area contributed by atoms with Gasteiger partial charge in [0, 0.05) is 0 Å². The number of halogens is 2. The Morgan fingerprint density at radius 2 is 2.15 bits per heavy atom. The minimum absolute atomic E-state index is 0.0115. The van der Waals surface area contributed by atoms with Gasteiger partial charge in [-0.1, -0.05) is 0 Å². The maximum atomic E-state index is 13.5. The van der Waals surface area contributed by atoms with Gasteiger partial charge in [-0.15, -0.1) is 0 Å². The van der Waals surface area contributed by atoms with Crippen LogP contribution in [0.3, 0.4) is 0 Å². The maximum Gasteiger partial charge on any atom is 0.334 e. The Kier molecular flexibility index (Phi) is 4.40. The summed E-state index contributed by atoms with van der Waals surface area (Å²) >= 11 is 0. The zero-order valence-corrected chi connectivity index (χ0v) is 13.0. The van der Waals surface area contributed by atoms with E-state index in [4.69, 9.17) is 21.1 Å². The number of alkyl halides is 2. The Bertz CT molecular complexity index is 1040. The molecule has 0 radical (unpaired) electrons. The number of hydrogen-bond donors (Lipinski definition) is 4. The number of aliphatic hydroxyl groups excluding tert-OH is 1. The van der Waals surface area contributed by atoms with Crippen molar-refractivity contribution >= 4 is 23.0 Å². The third kappa shape index (κ3) is 2.58. The number of fused-ring (bicyclic) bond motifs is 1. The molecule has 0 aliphatic heterocycles. The van der Waals surface area contributed by atoms with Crippen molar-refractivity contribution in [2.45, 2.75) is 13.1 Å². The van der Waals surface area contributed by atoms with Gasteiger partial charge in [-0.2, -0.15) is 13.8 Å². The summed E-state index contributed by atoms with van der Waals surface area (Å²) in [5.41, 5.74) is 5.57. The van der Waals surface area contributed by atoms with Gasteiger partial charge in [0.25, 0.3) is 0 Å². The van der Waals surface area contributed by atoms with Gasteiger partial charge in [-0.25, -0.2) is 20.2 Å². The fourth-order valence-corrected chi connectivity index (χ4v) is 2.59. The van der Waals surface area contributed by atoms with Crippen molar-refractivity contribution in [3.05, 3.63) is 28.6 Å². The average Bonchev–Trinajstić information content (AvgIpc) is 3.18. The van der Waals surface area contributed by atoms with Crippen LogP contribution >= 0.6 is 0 Å². The van der Waals surface area contributed by atoms with E-state index in [0.717, 1.165) is 10.8 Å². The highest BCUT2D eigenvalue weighted by molar-refractivity contribution is 6.01. The smallest absolute Gasteiger partial charge is 0.334 e. The summed E-state index contributed by atoms with van der Waals surface area (Å²) < 4.78 is 33.1. The van der Waals surface area contributed by atoms with Gasteiger partial charge in [-0.05, 0) is 6.07 Å². The summed E-state index contributed by atoms with van der Waals surface area (Å²) in [4.78, 5) is 31.9. The first-order valence-electron chi connectivity index (χ1n) is 7.16. The number of rotatable bonds is 5. The molecule has 0 saturated carbocycles. The number of carbonyl (C=O) groups excluding carboxylic acids is 1. The summed E-state index contributed by atoms with van der Waals surface area (Å²) in [5.74, 6) is 3.60. The van der Waals surface area contributed by atoms with E-state index < -0.39 is 24.8 Å². The number of hydrogen-bond acceptors (Lipinski definition) is 8. The van der Waals surface area contributed by atoms with Crippen LogP contribution in [-0.2, 0) is 6.54 Å². The predicted octanol–water partition coefficient (Wildman–Crippen LogP) is -0.574. The molecular weight excluding hydrogens is 356 g/mol. The first kappa shape index (κ1) is 17.5. The zero-order chi connectivity index (χ0) is 19.0. The van der Waals surface area contributed by atoms with Gasteiger partial charge in [0.1, 0.15) is 11.2 Å². The standard InChI is InChI=1S/C13H13F2N7O4/c14-11(15)22-7-6(5-1-4-26-8(5)10(24)20-17)18-12(16)19-9(7)21(2-3-23)13(22)25/h1,4,11,23H,2-3,17H2,(H,20,24)(H2,16,18,19). The lowest BCUT2D eigenvalue weighted by atomic mass is 10.1. The van der Waals surface area contributed by atoms with E-state index in [1.807, 2.05) is 5.43 Å². The zero-order valence-electron chi connectivity index (χ0n) is 13.0. The second-order valence-corrected chi connectivity index (χ2v) is 5.04. The molecule has 0 bridgehead atoms. The van der Waals surface area contributed by atoms with E-state index in [9.17, 15) is 18.4 Å². The van der Waals surface area contributed by atoms with Crippen LogP contribution < -0.4 is 22.7 Å². The van der Waals surface area contributed by atoms with Gasteiger partial charge < -0.3 is 15.3 Å². The number of nitrogen functional groups attached to an aromatic ring is 2. The first-order valence-corrected chi connectivity index (χ1v) is 7.16. The van der Waals surface area contributed by atoms with Crippen LogP contribution in [-0.4, -0.2) is 36.7 Å². The van der Waals surface area contributed by atoms with Gasteiger partial charge in [-0.3, -0.25) is 14.8 Å². The van der Waals surface area contributed by atoms with E-state index in [1.165, 1.54) is 6.07 Å². The van der Waals surface area contributed by atoms with Crippen LogP contribution in [0.4, 0.5) is 14.7 Å². The molecule has 0 aliphatic carbocycles. The number of aliphatic hydroxyl groups is 1. The van der Waals surface area contributed by atoms with Crippen molar-refractivity contribution in [3.8, 4) is 11.3 Å². The molecule has 0 fully saturated rings. The molecule has 0 spiro atoms. The van der Waals surface area contributed by atoms with Gasteiger partial charge in [0.05, 0.1) is 25.0 Å². The molecule has 3 aromatic heterocycles. The Morgan fingerprint density at radius 1 is 1.42 bits per heavy atom. The Balaban J connectivity index is 2.44. The molecule has 0 aliphatic rings. The van der Waals surface area contributed by atoms with E-state index >= 15 is 0 Å². The predicted molar refractivity (Wildman–Crippen MR) is 83.9 cm³/mol. The number of imidazole rings is 1. The third-order valence-corrected chi connectivity index (χ3v) is 3.59. The molecule has 1 amide bonds. The number of amides is 1. The minimum Gasteiger partial charge on any atom is -0.458 e. The van der Waals surface area contributed by atoms with E-state index in [2.05, 4.69) is 9.97 Å². The largest absolute Gasteiger partial charge is 0.458 e. The Hall–Kier alpha value is -3.32. The molecule has 26 heavy (non-hydrogen) atoms. The number of hydrazine groups is 1. The monoisotopic (exact) mass is 369 g/mol. The molecule has 11 nitrogen and oxygen atoms in total. The lowest BCUT2D eigenvalue weighted by Crippen LogP contribution is -2.30. The Morgan fingerprint density at radius 3 is 2.77 bits per heavy atom. The average molecular weight is 369 g/mol. The highest BCUT2D eigenvalue weighted by Gasteiger charge is 2.28. The van der Waals surface area contributed by atoms with Crippen molar-refractivity contribution in [1.82, 2.24) is 24.5 Å². The summed E-state index contributed by atoms with van der Waals surface area (Å²) in [5, 5.41) is 9.11. The normalized spacial score (nSPS) is 11.4. The highest BCUT2D eigenvalue weighted by atomic mass is 19.3. The van der Waals surface area contributed by atoms with Crippen molar-refractivity contribution in [2.75, 3.05) is 12.3 Å². The Labute approximate surface area is 142 Å². The molecule has 0 saturated heterocycles. The molecular formula is C13H13F2N7O4. The van der Waals surface area contributed by atoms with Crippen LogP contribution in [0.15, 0.2) is 21.5 Å². The quantitative estimate of drug-likeness (QED) is 0.263. The fourth-order valence-electron chi connectivity index (χ4n) is 2.59. The van der Waals surface area contributed by atoms with Crippen molar-refractivity contribution < 1.29 is 23.1 Å². The van der Waals surface area contributed by atoms with Crippen molar-refractivity contribution in [2.24, 2.45) is 5.84 Å². The van der Waals surface area contributed by atoms with Crippen molar-refractivity contribution in [3.63, 3.8) is 0 Å². The van der Waals surface area contributed by atoms with Crippen LogP contribution in [0.1, 0.15) is 17.1 Å². The summed E-state index contributed by atoms with van der Waals surface area (Å²) in [6, 6.07) is 1.29. The molecule has 0 atom stereocenters. The SMILES string of the molecule is NNC(=O)c1occc1-c1nc(N)nc2c1n(C(F)F)c(=O)n2CCO. The number of aromatic nitrogens is 4. The number of nitrogens with zero attached hydrogens (tertiary/aromatic N) is 4. The summed E-state index contributed by atoms with van der Waals surface area (Å²) in [7, 11) is 0. The second kappa shape index (κ2) is 6.53. The van der Waals surface area contributed by atoms with E-state index in [1.54, 1.807) is 0 Å². The number of furan rings is 1. The molecule has 6 N–H and O–H groups in total. The molecule has 3 heterocycles. The second-order valence-electron chi connectivity index (χ2n) is 5.04. The maximum absolute atomic E-state index is 13.5. The molecule has 0 unspecified atom stereocenters. The molecule has 3 aromatic rings. The van der Waals surface area contributed by atoms with Gasteiger partial charge in [0.2, 0.25) is 11.7 Å². The number of anilines is 1. The van der Waals surface area contributed by atoms with Crippen molar-refractivity contribution in [1.29, 1.82) is 0 Å². The van der Waals surface area contributed by atoms with Gasteiger partial charge >= 0.3 is 18.1 Å². The topological polar surface area (TPSA) is 167 Å². The van der Waals surface area contributed by atoms with E-state index in [0.29, 0.717) is 0 Å². The van der Waals surface area contributed by atoms with Crippen LogP contribution in [0.5, 0.6) is 0 Å². The number of nitrogens with two attached hydrogens (primary N) is 2. The minimum atomic E-state index is -3.23. The fraction of sp³-hybridized carbons (Fsp3) is 0.231. The molecule has 138 valence electrons. The van der Waals surface area contributed by atoms with E-state index in [-0.39, 0.29) is 45.2 Å². The number of carbonyl (C=O) groups is 1. The summed E-state index contributed by atoms with van der Waals surface area (Å²) in [6.07, 6.45) is 1.12. The van der Waals surface area contributed by atoms with Crippen LogP contribution in [0.2, 0.25) is 0 Å². The number of nitrogens with one attached hydrogen (secondary N) is 1. The lowest BCUT2D eigenvalue weighted by Gasteiger charge is -2.07. The van der Waals surface area contributed by atoms with Crippen LogP contribution in [0, 0.1) is 0 Å².